The van der Waals surface area contributed by atoms with Crippen LogP contribution in [0.4, 0.5) is 0 Å². The number of aliphatic hydroxyl groups is 1. The molecule has 0 spiro atoms. The van der Waals surface area contributed by atoms with Crippen LogP contribution in [-0.4, -0.2) is 17.2 Å². The quantitative estimate of drug-likeness (QED) is 0.632. The van der Waals surface area contributed by atoms with E-state index in [2.05, 4.69) is 19.1 Å². The van der Waals surface area contributed by atoms with E-state index in [-0.39, 0.29) is 17.5 Å². The van der Waals surface area contributed by atoms with Crippen LogP contribution < -0.4 is 4.74 Å². The van der Waals surface area contributed by atoms with Gasteiger partial charge in [-0.15, -0.1) is 0 Å². The third-order valence-electron chi connectivity index (χ3n) is 7.76. The number of aliphatic hydroxyl groups excluding tert-OH is 1. The van der Waals surface area contributed by atoms with E-state index in [0.29, 0.717) is 29.4 Å². The first-order valence-corrected chi connectivity index (χ1v) is 10.3. The maximum Gasteiger partial charge on any atom is 0.319 e. The second-order valence-corrected chi connectivity index (χ2v) is 8.98. The predicted molar refractivity (Wildman–Crippen MR) is 103 cm³/mol. The first-order valence-electron chi connectivity index (χ1n) is 10.3. The lowest BCUT2D eigenvalue weighted by Gasteiger charge is -2.50. The number of ether oxygens (including phenoxy) is 1. The summed E-state index contributed by atoms with van der Waals surface area (Å²) >= 11 is 0. The SMILES string of the molecule is C[C@]12CC[C@@H]3c4ccc(OC(=O)[C]5[CH][CH][CH][CH]5)cc4CC[C@H]3[C@@H]1CC[C@@H]2O. The summed E-state index contributed by atoms with van der Waals surface area (Å²) in [4.78, 5) is 12.2. The van der Waals surface area contributed by atoms with Crippen LogP contribution in [0.5, 0.6) is 5.75 Å². The van der Waals surface area contributed by atoms with E-state index >= 15 is 0 Å². The molecular weight excluding hydrogens is 336 g/mol. The average molecular weight is 363 g/mol. The van der Waals surface area contributed by atoms with E-state index in [4.69, 9.17) is 4.74 Å². The summed E-state index contributed by atoms with van der Waals surface area (Å²) in [5.74, 6) is 2.88. The van der Waals surface area contributed by atoms with Gasteiger partial charge >= 0.3 is 5.97 Å². The van der Waals surface area contributed by atoms with E-state index in [0.717, 1.165) is 25.7 Å². The van der Waals surface area contributed by atoms with Crippen LogP contribution in [0.15, 0.2) is 18.2 Å². The molecule has 5 rings (SSSR count). The fourth-order valence-corrected chi connectivity index (χ4v) is 6.27. The van der Waals surface area contributed by atoms with Crippen LogP contribution in [0, 0.1) is 48.9 Å². The summed E-state index contributed by atoms with van der Waals surface area (Å²) in [6.07, 6.45) is 13.8. The van der Waals surface area contributed by atoms with Crippen LogP contribution in [0.25, 0.3) is 0 Å². The van der Waals surface area contributed by atoms with Crippen molar-refractivity contribution in [3.8, 4) is 5.75 Å². The Bertz CT molecular complexity index is 735. The van der Waals surface area contributed by atoms with Gasteiger partial charge in [0.15, 0.2) is 0 Å². The molecule has 27 heavy (non-hydrogen) atoms. The fourth-order valence-electron chi connectivity index (χ4n) is 6.27. The van der Waals surface area contributed by atoms with Crippen molar-refractivity contribution in [3.63, 3.8) is 0 Å². The Labute approximate surface area is 162 Å². The highest BCUT2D eigenvalue weighted by Gasteiger charge is 2.54. The van der Waals surface area contributed by atoms with Crippen LogP contribution in [0.3, 0.4) is 0 Å². The molecule has 0 saturated heterocycles. The molecule has 0 amide bonds. The number of benzene rings is 1. The first-order chi connectivity index (χ1) is 13.1. The summed E-state index contributed by atoms with van der Waals surface area (Å²) in [5, 5.41) is 10.5. The van der Waals surface area contributed by atoms with E-state index in [1.807, 2.05) is 18.9 Å². The van der Waals surface area contributed by atoms with Gasteiger partial charge in [0.05, 0.1) is 12.0 Å². The van der Waals surface area contributed by atoms with Crippen molar-refractivity contribution in [2.24, 2.45) is 17.3 Å². The van der Waals surface area contributed by atoms with E-state index in [1.54, 1.807) is 12.8 Å². The molecule has 0 aromatic heterocycles. The molecule has 0 aliphatic heterocycles. The number of aryl methyl sites for hydroxylation is 1. The number of fused-ring (bicyclic) bond motifs is 5. The molecule has 0 unspecified atom stereocenters. The van der Waals surface area contributed by atoms with Gasteiger partial charge in [-0.1, -0.05) is 13.0 Å². The number of carbonyl (C=O) groups excluding carboxylic acids is 1. The largest absolute Gasteiger partial charge is 0.426 e. The lowest BCUT2D eigenvalue weighted by atomic mass is 9.55. The fraction of sp³-hybridized carbons (Fsp3) is 0.500. The molecule has 1 aromatic rings. The molecule has 1 aromatic carbocycles. The van der Waals surface area contributed by atoms with E-state index in [1.165, 1.54) is 24.0 Å². The predicted octanol–water partition coefficient (Wildman–Crippen LogP) is 4.21. The Kier molecular flexibility index (Phi) is 4.34. The Hall–Kier alpha value is -1.35. The van der Waals surface area contributed by atoms with Crippen LogP contribution in [-0.2, 0) is 11.2 Å². The smallest absolute Gasteiger partial charge is 0.319 e. The molecule has 5 atom stereocenters. The normalized spacial score (nSPS) is 38.1. The van der Waals surface area contributed by atoms with Gasteiger partial charge in [0.2, 0.25) is 0 Å². The molecular formula is C24H27O3. The van der Waals surface area contributed by atoms with Gasteiger partial charge < -0.3 is 9.84 Å². The molecule has 1 N–H and O–H groups in total. The van der Waals surface area contributed by atoms with Gasteiger partial charge in [0.25, 0.3) is 0 Å². The molecule has 4 aliphatic carbocycles. The van der Waals surface area contributed by atoms with Crippen molar-refractivity contribution in [3.05, 3.63) is 60.9 Å². The Balaban J connectivity index is 1.35. The van der Waals surface area contributed by atoms with Gasteiger partial charge in [0, 0.05) is 0 Å². The van der Waals surface area contributed by atoms with Crippen molar-refractivity contribution in [2.45, 2.75) is 57.5 Å². The summed E-state index contributed by atoms with van der Waals surface area (Å²) in [5.41, 5.74) is 2.90. The van der Waals surface area contributed by atoms with Crippen molar-refractivity contribution in [1.29, 1.82) is 0 Å². The minimum Gasteiger partial charge on any atom is -0.426 e. The molecule has 0 heterocycles. The monoisotopic (exact) mass is 363 g/mol. The zero-order valence-electron chi connectivity index (χ0n) is 15.9. The average Bonchev–Trinajstić information content (AvgIpc) is 3.30. The zero-order valence-corrected chi connectivity index (χ0v) is 15.9. The third-order valence-corrected chi connectivity index (χ3v) is 7.76. The van der Waals surface area contributed by atoms with Crippen LogP contribution in [0.2, 0.25) is 0 Å². The Morgan fingerprint density at radius 1 is 1.15 bits per heavy atom. The van der Waals surface area contributed by atoms with Crippen molar-refractivity contribution >= 4 is 5.97 Å². The second-order valence-electron chi connectivity index (χ2n) is 8.98. The van der Waals surface area contributed by atoms with Crippen molar-refractivity contribution in [2.75, 3.05) is 0 Å². The molecule has 141 valence electrons. The van der Waals surface area contributed by atoms with Gasteiger partial charge in [-0.05, 0) is 111 Å². The number of hydrogen-bond donors (Lipinski definition) is 1. The van der Waals surface area contributed by atoms with Gasteiger partial charge in [0.1, 0.15) is 5.75 Å². The Morgan fingerprint density at radius 3 is 2.78 bits per heavy atom. The highest BCUT2D eigenvalue weighted by molar-refractivity contribution is 5.92. The van der Waals surface area contributed by atoms with Crippen molar-refractivity contribution < 1.29 is 14.6 Å². The molecule has 4 aliphatic rings. The summed E-state index contributed by atoms with van der Waals surface area (Å²) < 4.78 is 5.59. The molecule has 3 saturated carbocycles. The standard InChI is InChI=1S/C24H27O3/c1-24-13-12-19-18-9-7-17(27-23(26)15-4-2-3-5-15)14-16(18)6-8-20(19)21(24)10-11-22(24)25/h2-5,7,9,14,19-22,25H,6,8,10-13H2,1H3/t19-,20-,21+,22+,24+/m1/s1. The molecule has 3 nitrogen and oxygen atoms in total. The maximum atomic E-state index is 12.2. The van der Waals surface area contributed by atoms with Crippen molar-refractivity contribution in [1.82, 2.24) is 0 Å². The number of rotatable bonds is 2. The minimum absolute atomic E-state index is 0.119. The third kappa shape index (κ3) is 2.85. The van der Waals surface area contributed by atoms with E-state index < -0.39 is 0 Å². The van der Waals surface area contributed by atoms with Crippen LogP contribution in [0.1, 0.15) is 56.1 Å². The van der Waals surface area contributed by atoms with Gasteiger partial charge in [-0.25, -0.2) is 0 Å². The minimum atomic E-state index is -0.290. The molecule has 5 radical (unpaired) electrons. The lowest BCUT2D eigenvalue weighted by Crippen LogP contribution is -2.43. The highest BCUT2D eigenvalue weighted by Crippen LogP contribution is 2.60. The molecule has 3 heteroatoms. The zero-order chi connectivity index (χ0) is 18.6. The molecule has 0 bridgehead atoms. The molecule has 3 fully saturated rings. The van der Waals surface area contributed by atoms with Gasteiger partial charge in [-0.2, -0.15) is 0 Å². The van der Waals surface area contributed by atoms with Crippen LogP contribution >= 0.6 is 0 Å². The number of esters is 1. The second kappa shape index (κ2) is 6.62. The topological polar surface area (TPSA) is 46.5 Å². The summed E-state index contributed by atoms with van der Waals surface area (Å²) in [7, 11) is 0. The number of carbonyl (C=O) groups is 1. The van der Waals surface area contributed by atoms with E-state index in [9.17, 15) is 9.90 Å². The lowest BCUT2D eigenvalue weighted by molar-refractivity contribution is -0.131. The Morgan fingerprint density at radius 2 is 1.96 bits per heavy atom. The summed E-state index contributed by atoms with van der Waals surface area (Å²) in [6.45, 7) is 2.31. The first kappa shape index (κ1) is 17.7. The maximum absolute atomic E-state index is 12.2. The number of hydrogen-bond acceptors (Lipinski definition) is 3. The summed E-state index contributed by atoms with van der Waals surface area (Å²) in [6, 6.07) is 6.22. The highest BCUT2D eigenvalue weighted by atomic mass is 16.5. The van der Waals surface area contributed by atoms with Gasteiger partial charge in [-0.3, -0.25) is 4.79 Å².